The van der Waals surface area contributed by atoms with Crippen LogP contribution in [0.2, 0.25) is 0 Å². The van der Waals surface area contributed by atoms with Gasteiger partial charge >= 0.3 is 0 Å². The lowest BCUT2D eigenvalue weighted by Crippen LogP contribution is -2.52. The van der Waals surface area contributed by atoms with Crippen molar-refractivity contribution in [3.05, 3.63) is 34.6 Å². The van der Waals surface area contributed by atoms with E-state index in [1.54, 1.807) is 6.07 Å². The molecule has 1 aromatic carbocycles. The van der Waals surface area contributed by atoms with Gasteiger partial charge in [0.15, 0.2) is 0 Å². The fourth-order valence-corrected chi connectivity index (χ4v) is 2.94. The van der Waals surface area contributed by atoms with Crippen LogP contribution in [0.3, 0.4) is 0 Å². The van der Waals surface area contributed by atoms with Crippen LogP contribution in [-0.4, -0.2) is 21.9 Å². The number of benzene rings is 1. The van der Waals surface area contributed by atoms with Crippen molar-refractivity contribution in [1.29, 1.82) is 0 Å². The molecule has 2 nitrogen and oxygen atoms in total. The molecule has 1 fully saturated rings. The lowest BCUT2D eigenvalue weighted by Gasteiger charge is -2.42. The summed E-state index contributed by atoms with van der Waals surface area (Å²) in [4.78, 5) is 7.18. The van der Waals surface area contributed by atoms with Crippen molar-refractivity contribution in [3.8, 4) is 0 Å². The highest BCUT2D eigenvalue weighted by molar-refractivity contribution is 9.09. The summed E-state index contributed by atoms with van der Waals surface area (Å²) >= 11 is 3.62. The Bertz CT molecular complexity index is 566. The van der Waals surface area contributed by atoms with Gasteiger partial charge in [0.05, 0.1) is 15.4 Å². The van der Waals surface area contributed by atoms with Crippen molar-refractivity contribution in [2.45, 2.75) is 43.2 Å². The van der Waals surface area contributed by atoms with Crippen molar-refractivity contribution < 1.29 is 4.39 Å². The smallest absolute Gasteiger partial charge is 0.134 e. The van der Waals surface area contributed by atoms with Crippen molar-refractivity contribution in [2.75, 3.05) is 0 Å². The summed E-state index contributed by atoms with van der Waals surface area (Å²) in [5.41, 5.74) is 0. The van der Waals surface area contributed by atoms with E-state index < -0.39 is 0 Å². The first-order valence-corrected chi connectivity index (χ1v) is 7.34. The Kier molecular flexibility index (Phi) is 3.14. The van der Waals surface area contributed by atoms with E-state index in [0.717, 1.165) is 5.36 Å². The molecule has 1 aliphatic heterocycles. The van der Waals surface area contributed by atoms with Crippen LogP contribution in [0.25, 0.3) is 6.20 Å². The normalized spacial score (nSPS) is 24.6. The molecule has 2 atom stereocenters. The van der Waals surface area contributed by atoms with Gasteiger partial charge in [-0.1, -0.05) is 22.0 Å². The Morgan fingerprint density at radius 3 is 2.83 bits per heavy atom. The van der Waals surface area contributed by atoms with E-state index in [4.69, 9.17) is 4.99 Å². The fraction of sp³-hybridized carbons (Fsp3) is 0.500. The summed E-state index contributed by atoms with van der Waals surface area (Å²) in [7, 11) is 0. The summed E-state index contributed by atoms with van der Waals surface area (Å²) < 4.78 is 13.8. The molecular formula is C14H16BrFN2. The SMILES string of the molecule is CC(Br)C1N=c2cccc(F)c2=CN1C1CCC1. The Hall–Kier alpha value is -0.900. The lowest BCUT2D eigenvalue weighted by molar-refractivity contribution is 0.153. The van der Waals surface area contributed by atoms with Crippen molar-refractivity contribution in [2.24, 2.45) is 4.99 Å². The standard InChI is InChI=1S/C14H16BrFN2/c1-9(15)14-17-13-7-3-6-12(16)11(13)8-18(14)10-4-2-5-10/h3,6-10,14H,2,4-5H2,1H3. The summed E-state index contributed by atoms with van der Waals surface area (Å²) in [5.74, 6) is -0.179. The molecule has 96 valence electrons. The molecule has 1 aliphatic carbocycles. The first-order chi connectivity index (χ1) is 8.66. The average molecular weight is 311 g/mol. The number of hydrogen-bond donors (Lipinski definition) is 0. The maximum absolute atomic E-state index is 13.8. The minimum Gasteiger partial charge on any atom is -0.351 e. The van der Waals surface area contributed by atoms with Gasteiger partial charge in [0.25, 0.3) is 0 Å². The first-order valence-electron chi connectivity index (χ1n) is 6.42. The van der Waals surface area contributed by atoms with Crippen molar-refractivity contribution in [1.82, 2.24) is 4.90 Å². The van der Waals surface area contributed by atoms with Gasteiger partial charge in [0.2, 0.25) is 0 Å². The maximum atomic E-state index is 13.8. The van der Waals surface area contributed by atoms with E-state index in [-0.39, 0.29) is 16.8 Å². The molecule has 18 heavy (non-hydrogen) atoms. The quantitative estimate of drug-likeness (QED) is 0.764. The largest absolute Gasteiger partial charge is 0.351 e. The molecule has 0 saturated heterocycles. The molecular weight excluding hydrogens is 295 g/mol. The van der Waals surface area contributed by atoms with Gasteiger partial charge in [-0.25, -0.2) is 4.39 Å². The molecule has 1 aromatic rings. The highest BCUT2D eigenvalue weighted by Gasteiger charge is 2.31. The van der Waals surface area contributed by atoms with E-state index in [9.17, 15) is 4.39 Å². The van der Waals surface area contributed by atoms with Crippen molar-refractivity contribution >= 4 is 22.1 Å². The van der Waals surface area contributed by atoms with Gasteiger partial charge in [-0.05, 0) is 38.3 Å². The fourth-order valence-electron chi connectivity index (χ4n) is 2.55. The zero-order valence-electron chi connectivity index (χ0n) is 10.3. The molecule has 0 bridgehead atoms. The van der Waals surface area contributed by atoms with E-state index in [1.807, 2.05) is 12.3 Å². The third-order valence-electron chi connectivity index (χ3n) is 3.79. The van der Waals surface area contributed by atoms with Crippen LogP contribution in [-0.2, 0) is 0 Å². The summed E-state index contributed by atoms with van der Waals surface area (Å²) in [6.45, 7) is 2.10. The van der Waals surface area contributed by atoms with Gasteiger partial charge in [-0.3, -0.25) is 4.99 Å². The summed E-state index contributed by atoms with van der Waals surface area (Å²) in [5, 5.41) is 1.40. The minimum atomic E-state index is -0.179. The molecule has 0 N–H and O–H groups in total. The molecule has 3 rings (SSSR count). The Labute approximate surface area is 114 Å². The Morgan fingerprint density at radius 1 is 1.44 bits per heavy atom. The van der Waals surface area contributed by atoms with Gasteiger partial charge in [-0.15, -0.1) is 0 Å². The molecule has 4 heteroatoms. The van der Waals surface area contributed by atoms with Crippen LogP contribution in [0.15, 0.2) is 23.2 Å². The topological polar surface area (TPSA) is 15.6 Å². The van der Waals surface area contributed by atoms with Crippen LogP contribution < -0.4 is 10.6 Å². The van der Waals surface area contributed by atoms with Gasteiger partial charge < -0.3 is 4.90 Å². The molecule has 0 radical (unpaired) electrons. The van der Waals surface area contributed by atoms with Crippen LogP contribution in [0.5, 0.6) is 0 Å². The number of halogens is 2. The lowest BCUT2D eigenvalue weighted by atomic mass is 9.91. The molecule has 1 heterocycles. The summed E-state index contributed by atoms with van der Waals surface area (Å²) in [6, 6.07) is 5.63. The van der Waals surface area contributed by atoms with E-state index >= 15 is 0 Å². The molecule has 1 saturated carbocycles. The first kappa shape index (κ1) is 12.2. The van der Waals surface area contributed by atoms with Crippen LogP contribution in [0.4, 0.5) is 4.39 Å². The number of nitrogens with zero attached hydrogens (tertiary/aromatic N) is 2. The second-order valence-corrected chi connectivity index (χ2v) is 6.50. The number of rotatable bonds is 2. The molecule has 0 spiro atoms. The highest BCUT2D eigenvalue weighted by atomic mass is 79.9. The van der Waals surface area contributed by atoms with Crippen LogP contribution in [0.1, 0.15) is 26.2 Å². The number of fused-ring (bicyclic) bond motifs is 1. The number of hydrogen-bond acceptors (Lipinski definition) is 2. The number of alkyl halides is 1. The average Bonchev–Trinajstić information content (AvgIpc) is 2.27. The summed E-state index contributed by atoms with van der Waals surface area (Å²) in [6.07, 6.45) is 5.68. The highest BCUT2D eigenvalue weighted by Crippen LogP contribution is 2.29. The van der Waals surface area contributed by atoms with Crippen molar-refractivity contribution in [3.63, 3.8) is 0 Å². The maximum Gasteiger partial charge on any atom is 0.134 e. The van der Waals surface area contributed by atoms with Crippen LogP contribution in [0, 0.1) is 5.82 Å². The van der Waals surface area contributed by atoms with Crippen LogP contribution >= 0.6 is 15.9 Å². The van der Waals surface area contributed by atoms with E-state index in [1.165, 1.54) is 25.3 Å². The Morgan fingerprint density at radius 2 is 2.22 bits per heavy atom. The van der Waals surface area contributed by atoms with Gasteiger partial charge in [0, 0.05) is 12.2 Å². The van der Waals surface area contributed by atoms with E-state index in [0.29, 0.717) is 11.3 Å². The van der Waals surface area contributed by atoms with Gasteiger partial charge in [-0.2, -0.15) is 0 Å². The van der Waals surface area contributed by atoms with Gasteiger partial charge in [0.1, 0.15) is 12.0 Å². The Balaban J connectivity index is 2.11. The molecule has 0 aromatic heterocycles. The second-order valence-electron chi connectivity index (χ2n) is 5.05. The molecule has 2 unspecified atom stereocenters. The predicted octanol–water partition coefficient (Wildman–Crippen LogP) is 2.16. The second kappa shape index (κ2) is 4.65. The zero-order chi connectivity index (χ0) is 12.7. The third kappa shape index (κ3) is 1.96. The monoisotopic (exact) mass is 310 g/mol. The zero-order valence-corrected chi connectivity index (χ0v) is 11.9. The third-order valence-corrected chi connectivity index (χ3v) is 4.26. The molecule has 2 aliphatic rings. The minimum absolute atomic E-state index is 0.0737. The molecule has 0 amide bonds. The van der Waals surface area contributed by atoms with E-state index in [2.05, 4.69) is 27.8 Å². The predicted molar refractivity (Wildman–Crippen MR) is 73.3 cm³/mol.